The monoisotopic (exact) mass is 178 g/mol. The Bertz CT molecular complexity index is 307. The first-order chi connectivity index (χ1) is 6.31. The average Bonchev–Trinajstić information content (AvgIpc) is 2.18. The first kappa shape index (κ1) is 8.57. The fourth-order valence-electron chi connectivity index (χ4n) is 1.65. The molecule has 1 aromatic rings. The molecule has 1 aliphatic rings. The molecule has 2 rings (SSSR count). The minimum atomic E-state index is -0.338. The molecule has 0 spiro atoms. The highest BCUT2D eigenvalue weighted by atomic mass is 16.5. The molecule has 1 heterocycles. The molecule has 0 amide bonds. The second-order valence-corrected chi connectivity index (χ2v) is 3.38. The molecule has 0 radical (unpaired) electrons. The highest BCUT2D eigenvalue weighted by Crippen LogP contribution is 2.32. The summed E-state index contributed by atoms with van der Waals surface area (Å²) in [6.45, 7) is 2.73. The van der Waals surface area contributed by atoms with Crippen LogP contribution < -0.4 is 4.74 Å². The number of aryl methyl sites for hydroxylation is 1. The van der Waals surface area contributed by atoms with Crippen LogP contribution in [-0.4, -0.2) is 11.7 Å². The third-order valence-corrected chi connectivity index (χ3v) is 2.49. The predicted octanol–water partition coefficient (Wildman–Crippen LogP) is 2.06. The number of aliphatic hydroxyl groups is 1. The van der Waals surface area contributed by atoms with E-state index in [2.05, 4.69) is 13.0 Å². The number of benzene rings is 1. The van der Waals surface area contributed by atoms with Gasteiger partial charge in [0, 0.05) is 12.0 Å². The Morgan fingerprint density at radius 3 is 3.15 bits per heavy atom. The third kappa shape index (κ3) is 1.54. The molecule has 0 unspecified atom stereocenters. The van der Waals surface area contributed by atoms with E-state index >= 15 is 0 Å². The van der Waals surface area contributed by atoms with Crippen LogP contribution in [-0.2, 0) is 6.42 Å². The highest BCUT2D eigenvalue weighted by molar-refractivity contribution is 5.39. The lowest BCUT2D eigenvalue weighted by Crippen LogP contribution is -2.13. The van der Waals surface area contributed by atoms with Gasteiger partial charge in [-0.25, -0.2) is 0 Å². The summed E-state index contributed by atoms with van der Waals surface area (Å²) >= 11 is 0. The maximum absolute atomic E-state index is 9.70. The molecule has 13 heavy (non-hydrogen) atoms. The first-order valence-electron chi connectivity index (χ1n) is 4.75. The van der Waals surface area contributed by atoms with Gasteiger partial charge in [0.05, 0.1) is 12.7 Å². The standard InChI is InChI=1S/C11H14O2/c1-2-8-3-4-11-9(7-8)10(12)5-6-13-11/h3-4,7,10,12H,2,5-6H2,1H3/t10-/m0/s1. The van der Waals surface area contributed by atoms with Gasteiger partial charge in [-0.1, -0.05) is 13.0 Å². The maximum atomic E-state index is 9.70. The summed E-state index contributed by atoms with van der Waals surface area (Å²) in [6.07, 6.45) is 1.37. The van der Waals surface area contributed by atoms with Crippen LogP contribution >= 0.6 is 0 Å². The number of ether oxygens (including phenoxy) is 1. The van der Waals surface area contributed by atoms with Gasteiger partial charge in [-0.05, 0) is 24.1 Å². The van der Waals surface area contributed by atoms with E-state index < -0.39 is 0 Å². The molecular weight excluding hydrogens is 164 g/mol. The average molecular weight is 178 g/mol. The summed E-state index contributed by atoms with van der Waals surface area (Å²) in [5, 5.41) is 9.70. The molecule has 1 N–H and O–H groups in total. The minimum Gasteiger partial charge on any atom is -0.493 e. The smallest absolute Gasteiger partial charge is 0.125 e. The number of aliphatic hydroxyl groups excluding tert-OH is 1. The van der Waals surface area contributed by atoms with Crippen molar-refractivity contribution in [2.45, 2.75) is 25.9 Å². The quantitative estimate of drug-likeness (QED) is 0.713. The summed E-state index contributed by atoms with van der Waals surface area (Å²) < 4.78 is 5.43. The molecule has 0 fully saturated rings. The Kier molecular flexibility index (Phi) is 2.23. The number of hydrogen-bond donors (Lipinski definition) is 1. The van der Waals surface area contributed by atoms with Crippen molar-refractivity contribution >= 4 is 0 Å². The van der Waals surface area contributed by atoms with Gasteiger partial charge in [0.15, 0.2) is 0 Å². The van der Waals surface area contributed by atoms with Crippen LogP contribution in [0.5, 0.6) is 5.75 Å². The van der Waals surface area contributed by atoms with Gasteiger partial charge in [-0.2, -0.15) is 0 Å². The molecular formula is C11H14O2. The van der Waals surface area contributed by atoms with E-state index in [1.54, 1.807) is 0 Å². The van der Waals surface area contributed by atoms with Crippen molar-refractivity contribution in [2.24, 2.45) is 0 Å². The van der Waals surface area contributed by atoms with E-state index in [0.29, 0.717) is 13.0 Å². The van der Waals surface area contributed by atoms with Gasteiger partial charge in [-0.3, -0.25) is 0 Å². The Labute approximate surface area is 78.2 Å². The fourth-order valence-corrected chi connectivity index (χ4v) is 1.65. The molecule has 0 aromatic heterocycles. The fraction of sp³-hybridized carbons (Fsp3) is 0.455. The largest absolute Gasteiger partial charge is 0.493 e. The van der Waals surface area contributed by atoms with Gasteiger partial charge >= 0.3 is 0 Å². The number of fused-ring (bicyclic) bond motifs is 1. The van der Waals surface area contributed by atoms with Crippen LogP contribution in [0.4, 0.5) is 0 Å². The lowest BCUT2D eigenvalue weighted by Gasteiger charge is -2.22. The summed E-state index contributed by atoms with van der Waals surface area (Å²) in [4.78, 5) is 0. The second kappa shape index (κ2) is 3.38. The number of rotatable bonds is 1. The minimum absolute atomic E-state index is 0.338. The topological polar surface area (TPSA) is 29.5 Å². The first-order valence-corrected chi connectivity index (χ1v) is 4.75. The van der Waals surface area contributed by atoms with Crippen molar-refractivity contribution in [2.75, 3.05) is 6.61 Å². The molecule has 2 heteroatoms. The molecule has 0 saturated heterocycles. The van der Waals surface area contributed by atoms with Crippen LogP contribution in [0.1, 0.15) is 30.6 Å². The van der Waals surface area contributed by atoms with Crippen LogP contribution in [0.3, 0.4) is 0 Å². The predicted molar refractivity (Wildman–Crippen MR) is 50.9 cm³/mol. The van der Waals surface area contributed by atoms with Crippen molar-refractivity contribution < 1.29 is 9.84 Å². The second-order valence-electron chi connectivity index (χ2n) is 3.38. The molecule has 0 aliphatic carbocycles. The van der Waals surface area contributed by atoms with E-state index in [4.69, 9.17) is 4.74 Å². The van der Waals surface area contributed by atoms with Crippen molar-refractivity contribution in [1.82, 2.24) is 0 Å². The molecule has 70 valence electrons. The Balaban J connectivity index is 2.41. The van der Waals surface area contributed by atoms with Crippen molar-refractivity contribution in [3.63, 3.8) is 0 Å². The molecule has 0 saturated carbocycles. The highest BCUT2D eigenvalue weighted by Gasteiger charge is 2.18. The van der Waals surface area contributed by atoms with Crippen LogP contribution in [0, 0.1) is 0 Å². The Morgan fingerprint density at radius 2 is 2.38 bits per heavy atom. The third-order valence-electron chi connectivity index (χ3n) is 2.49. The normalized spacial score (nSPS) is 20.6. The van der Waals surface area contributed by atoms with Gasteiger partial charge in [0.25, 0.3) is 0 Å². The molecule has 1 aromatic carbocycles. The zero-order chi connectivity index (χ0) is 9.26. The van der Waals surface area contributed by atoms with Crippen LogP contribution in [0.15, 0.2) is 18.2 Å². The van der Waals surface area contributed by atoms with Crippen molar-refractivity contribution in [1.29, 1.82) is 0 Å². The molecule has 1 atom stereocenters. The zero-order valence-corrected chi connectivity index (χ0v) is 7.79. The Hall–Kier alpha value is -1.02. The van der Waals surface area contributed by atoms with Gasteiger partial charge < -0.3 is 9.84 Å². The van der Waals surface area contributed by atoms with E-state index in [1.165, 1.54) is 5.56 Å². The van der Waals surface area contributed by atoms with Crippen LogP contribution in [0.2, 0.25) is 0 Å². The summed E-state index contributed by atoms with van der Waals surface area (Å²) in [5.74, 6) is 0.843. The lowest BCUT2D eigenvalue weighted by atomic mass is 10.00. The van der Waals surface area contributed by atoms with Gasteiger partial charge in [0.1, 0.15) is 5.75 Å². The number of hydrogen-bond acceptors (Lipinski definition) is 2. The molecule has 0 bridgehead atoms. The lowest BCUT2D eigenvalue weighted by molar-refractivity contribution is 0.115. The van der Waals surface area contributed by atoms with E-state index in [1.807, 2.05) is 12.1 Å². The summed E-state index contributed by atoms with van der Waals surface area (Å²) in [7, 11) is 0. The SMILES string of the molecule is CCc1ccc2c(c1)[C@@H](O)CCO2. The van der Waals surface area contributed by atoms with Crippen molar-refractivity contribution in [3.05, 3.63) is 29.3 Å². The van der Waals surface area contributed by atoms with Crippen LogP contribution in [0.25, 0.3) is 0 Å². The van der Waals surface area contributed by atoms with Crippen molar-refractivity contribution in [3.8, 4) is 5.75 Å². The van der Waals surface area contributed by atoms with E-state index in [9.17, 15) is 5.11 Å². The summed E-state index contributed by atoms with van der Waals surface area (Å²) in [6, 6.07) is 6.05. The van der Waals surface area contributed by atoms with Gasteiger partial charge in [0.2, 0.25) is 0 Å². The Morgan fingerprint density at radius 1 is 1.54 bits per heavy atom. The van der Waals surface area contributed by atoms with Gasteiger partial charge in [-0.15, -0.1) is 0 Å². The van der Waals surface area contributed by atoms with E-state index in [-0.39, 0.29) is 6.10 Å². The molecule has 2 nitrogen and oxygen atoms in total. The van der Waals surface area contributed by atoms with E-state index in [0.717, 1.165) is 17.7 Å². The maximum Gasteiger partial charge on any atom is 0.125 e. The summed E-state index contributed by atoms with van der Waals surface area (Å²) in [5.41, 5.74) is 2.20. The molecule has 1 aliphatic heterocycles. The zero-order valence-electron chi connectivity index (χ0n) is 7.79.